The first-order valence-corrected chi connectivity index (χ1v) is 10.9. The van der Waals surface area contributed by atoms with Crippen LogP contribution in [0.25, 0.3) is 10.9 Å². The van der Waals surface area contributed by atoms with Gasteiger partial charge in [0.25, 0.3) is 11.8 Å². The number of carbonyl (C=O) groups is 2. The summed E-state index contributed by atoms with van der Waals surface area (Å²) in [4.78, 5) is 30.4. The number of rotatable bonds is 6. The minimum absolute atomic E-state index is 0.235. The highest BCUT2D eigenvalue weighted by Crippen LogP contribution is 2.26. The van der Waals surface area contributed by atoms with Gasteiger partial charge in [-0.3, -0.25) is 9.59 Å². The zero-order chi connectivity index (χ0) is 21.4. The molecule has 0 unspecified atom stereocenters. The number of carbonyl (C=O) groups excluding carboxylic acids is 2. The number of likely N-dealkylation sites (N-methyl/N-ethyl adjacent to an activating group) is 1. The molecule has 2 amide bonds. The number of nitrogens with one attached hydrogen (secondary N) is 3. The zero-order valence-corrected chi connectivity index (χ0v) is 18.9. The maximum Gasteiger partial charge on any atom is 0.256 e. The van der Waals surface area contributed by atoms with Crippen molar-refractivity contribution in [3.8, 4) is 0 Å². The molecule has 0 aliphatic carbocycles. The number of amides is 2. The van der Waals surface area contributed by atoms with E-state index in [1.54, 1.807) is 24.3 Å². The number of para-hydroxylation sites is 1. The molecule has 3 rings (SSSR count). The van der Waals surface area contributed by atoms with Crippen LogP contribution in [0.3, 0.4) is 0 Å². The highest BCUT2D eigenvalue weighted by Gasteiger charge is 2.20. The summed E-state index contributed by atoms with van der Waals surface area (Å²) in [5, 5.41) is 7.02. The van der Waals surface area contributed by atoms with Crippen molar-refractivity contribution < 1.29 is 9.59 Å². The van der Waals surface area contributed by atoms with E-state index in [1.807, 2.05) is 49.1 Å². The summed E-state index contributed by atoms with van der Waals surface area (Å²) < 4.78 is 0. The summed E-state index contributed by atoms with van der Waals surface area (Å²) in [5.41, 5.74) is 1.66. The largest absolute Gasteiger partial charge is 0.351 e. The van der Waals surface area contributed by atoms with Crippen LogP contribution >= 0.6 is 27.5 Å². The molecule has 1 aromatic heterocycles. The van der Waals surface area contributed by atoms with E-state index in [2.05, 4.69) is 31.5 Å². The Hall–Kier alpha value is -2.35. The van der Waals surface area contributed by atoms with Crippen molar-refractivity contribution in [2.24, 2.45) is 0 Å². The Balaban J connectivity index is 0.00000145. The number of aromatic nitrogens is 1. The number of aromatic amines is 1. The van der Waals surface area contributed by atoms with E-state index in [-0.39, 0.29) is 11.8 Å². The van der Waals surface area contributed by atoms with Crippen LogP contribution < -0.4 is 10.6 Å². The number of hydrogen-bond acceptors (Lipinski definition) is 3. The summed E-state index contributed by atoms with van der Waals surface area (Å²) >= 11 is 8.81. The van der Waals surface area contributed by atoms with Gasteiger partial charge < -0.3 is 20.5 Å². The Morgan fingerprint density at radius 2 is 1.69 bits per heavy atom. The number of hydrogen-bond donors (Lipinski definition) is 3. The summed E-state index contributed by atoms with van der Waals surface area (Å²) in [6.07, 6.45) is 0. The lowest BCUT2D eigenvalue weighted by Crippen LogP contribution is -2.31. The van der Waals surface area contributed by atoms with E-state index in [9.17, 15) is 9.59 Å². The molecule has 1 heterocycles. The van der Waals surface area contributed by atoms with Gasteiger partial charge in [-0.25, -0.2) is 0 Å². The van der Waals surface area contributed by atoms with Gasteiger partial charge in [0.15, 0.2) is 0 Å². The third-order valence-electron chi connectivity index (χ3n) is 4.12. The van der Waals surface area contributed by atoms with E-state index < -0.39 is 0 Å². The number of benzene rings is 2. The molecule has 0 saturated carbocycles. The molecule has 6 nitrogen and oxygen atoms in total. The highest BCUT2D eigenvalue weighted by atomic mass is 79.9. The molecule has 0 radical (unpaired) electrons. The minimum Gasteiger partial charge on any atom is -0.351 e. The van der Waals surface area contributed by atoms with Gasteiger partial charge in [-0.1, -0.05) is 45.7 Å². The first-order valence-electron chi connectivity index (χ1n) is 8.94. The Bertz CT molecular complexity index is 970. The van der Waals surface area contributed by atoms with Crippen LogP contribution in [0, 0.1) is 0 Å². The van der Waals surface area contributed by atoms with Crippen LogP contribution in [0.2, 0.25) is 5.02 Å². The van der Waals surface area contributed by atoms with Crippen molar-refractivity contribution in [2.45, 2.75) is 0 Å². The van der Waals surface area contributed by atoms with Crippen molar-refractivity contribution in [1.29, 1.82) is 0 Å². The average Bonchev–Trinajstić information content (AvgIpc) is 3.07. The SMILES string of the molecule is CBr.CN(C)CCNC(=O)c1c(NC(=O)c2ccc(Cl)cc2)[nH]c2ccccc12. The van der Waals surface area contributed by atoms with Crippen LogP contribution in [0.5, 0.6) is 0 Å². The van der Waals surface area contributed by atoms with Crippen molar-refractivity contribution >= 4 is 56.1 Å². The molecule has 0 fully saturated rings. The quantitative estimate of drug-likeness (QED) is 0.459. The molecular formula is C21H24BrClN4O2. The highest BCUT2D eigenvalue weighted by molar-refractivity contribution is 9.08. The summed E-state index contributed by atoms with van der Waals surface area (Å²) in [6, 6.07) is 14.0. The molecule has 154 valence electrons. The zero-order valence-electron chi connectivity index (χ0n) is 16.6. The maximum absolute atomic E-state index is 12.8. The molecule has 0 atom stereocenters. The number of alkyl halides is 1. The molecule has 2 aromatic carbocycles. The molecule has 0 saturated heterocycles. The van der Waals surface area contributed by atoms with E-state index in [1.165, 1.54) is 0 Å². The number of nitrogens with zero attached hydrogens (tertiary/aromatic N) is 1. The second-order valence-electron chi connectivity index (χ2n) is 6.44. The maximum atomic E-state index is 12.8. The van der Waals surface area contributed by atoms with Crippen molar-refractivity contribution in [3.63, 3.8) is 0 Å². The first-order chi connectivity index (χ1) is 14.0. The molecule has 0 bridgehead atoms. The monoisotopic (exact) mass is 478 g/mol. The summed E-state index contributed by atoms with van der Waals surface area (Å²) in [7, 11) is 3.88. The molecule has 0 aliphatic heterocycles. The Kier molecular flexibility index (Phi) is 8.70. The van der Waals surface area contributed by atoms with Crippen molar-refractivity contribution in [3.05, 3.63) is 64.7 Å². The van der Waals surface area contributed by atoms with Crippen LogP contribution in [0.15, 0.2) is 48.5 Å². The van der Waals surface area contributed by atoms with Crippen molar-refractivity contribution in [1.82, 2.24) is 15.2 Å². The number of H-pyrrole nitrogens is 1. The topological polar surface area (TPSA) is 77.2 Å². The molecule has 0 spiro atoms. The fraction of sp³-hybridized carbons (Fsp3) is 0.238. The fourth-order valence-electron chi connectivity index (χ4n) is 2.74. The van der Waals surface area contributed by atoms with Crippen LogP contribution in [-0.2, 0) is 0 Å². The molecule has 3 aromatic rings. The van der Waals surface area contributed by atoms with Crippen LogP contribution in [-0.4, -0.2) is 54.7 Å². The normalized spacial score (nSPS) is 10.4. The lowest BCUT2D eigenvalue weighted by molar-refractivity contribution is 0.0953. The van der Waals surface area contributed by atoms with Gasteiger partial charge in [0.2, 0.25) is 0 Å². The van der Waals surface area contributed by atoms with Gasteiger partial charge >= 0.3 is 0 Å². The number of anilines is 1. The smallest absolute Gasteiger partial charge is 0.256 e. The van der Waals surface area contributed by atoms with Crippen LogP contribution in [0.1, 0.15) is 20.7 Å². The molecule has 29 heavy (non-hydrogen) atoms. The molecule has 0 aliphatic rings. The minimum atomic E-state index is -0.319. The second kappa shape index (κ2) is 11.0. The average molecular weight is 480 g/mol. The van der Waals surface area contributed by atoms with Gasteiger partial charge in [-0.05, 0) is 50.3 Å². The van der Waals surface area contributed by atoms with E-state index in [0.717, 1.165) is 17.4 Å². The van der Waals surface area contributed by atoms with Crippen LogP contribution in [0.4, 0.5) is 5.82 Å². The predicted octanol–water partition coefficient (Wildman–Crippen LogP) is 4.38. The first kappa shape index (κ1) is 22.9. The Morgan fingerprint density at radius 1 is 1.03 bits per heavy atom. The molecule has 3 N–H and O–H groups in total. The summed E-state index contributed by atoms with van der Waals surface area (Å²) in [5.74, 6) is 1.63. The lowest BCUT2D eigenvalue weighted by atomic mass is 10.1. The van der Waals surface area contributed by atoms with E-state index in [4.69, 9.17) is 11.6 Å². The third-order valence-corrected chi connectivity index (χ3v) is 4.37. The summed E-state index contributed by atoms with van der Waals surface area (Å²) in [6.45, 7) is 1.23. The predicted molar refractivity (Wildman–Crippen MR) is 123 cm³/mol. The lowest BCUT2D eigenvalue weighted by Gasteiger charge is -2.11. The third kappa shape index (κ3) is 6.06. The fourth-order valence-corrected chi connectivity index (χ4v) is 2.87. The van der Waals surface area contributed by atoms with E-state index in [0.29, 0.717) is 28.5 Å². The van der Waals surface area contributed by atoms with Crippen molar-refractivity contribution in [2.75, 3.05) is 38.3 Å². The van der Waals surface area contributed by atoms with E-state index >= 15 is 0 Å². The Morgan fingerprint density at radius 3 is 2.34 bits per heavy atom. The van der Waals surface area contributed by atoms with Gasteiger partial charge in [-0.2, -0.15) is 0 Å². The number of fused-ring (bicyclic) bond motifs is 1. The standard InChI is InChI=1S/C20H21ClN4O2.CH3Br/c1-25(2)12-11-22-20(27)17-15-5-3-4-6-16(15)23-18(17)24-19(26)13-7-9-14(21)10-8-13;1-2/h3-10,23H,11-12H2,1-2H3,(H,22,27)(H,24,26);1H3. The second-order valence-corrected chi connectivity index (χ2v) is 6.88. The molecule has 8 heteroatoms. The van der Waals surface area contributed by atoms with Gasteiger partial charge in [-0.15, -0.1) is 0 Å². The van der Waals surface area contributed by atoms with Gasteiger partial charge in [0, 0.05) is 34.6 Å². The number of halogens is 2. The Labute approximate surface area is 183 Å². The van der Waals surface area contributed by atoms with Gasteiger partial charge in [0.1, 0.15) is 5.82 Å². The van der Waals surface area contributed by atoms with Gasteiger partial charge in [0.05, 0.1) is 5.56 Å². The molecular weight excluding hydrogens is 456 g/mol.